The Morgan fingerprint density at radius 2 is 1.00 bits per heavy atom. The molecular formula is C6H14Br4Si2. The quantitative estimate of drug-likeness (QED) is 0.382. The number of hydrogen-bond donors (Lipinski definition) is 0. The van der Waals surface area contributed by atoms with Gasteiger partial charge in [0.05, 0.1) is 0 Å². The van der Waals surface area contributed by atoms with E-state index in [0.29, 0.717) is 0 Å². The van der Waals surface area contributed by atoms with Gasteiger partial charge in [-0.2, -0.15) is 0 Å². The molecule has 6 heteroatoms. The van der Waals surface area contributed by atoms with Gasteiger partial charge in [0.2, 0.25) is 9.66 Å². The van der Waals surface area contributed by atoms with Crippen LogP contribution in [0.2, 0.25) is 12.1 Å². The van der Waals surface area contributed by atoms with Gasteiger partial charge in [0.15, 0.2) is 0 Å². The molecule has 0 aliphatic heterocycles. The topological polar surface area (TPSA) is 0 Å². The van der Waals surface area contributed by atoms with E-state index in [-0.39, 0.29) is 0 Å². The molecule has 74 valence electrons. The summed E-state index contributed by atoms with van der Waals surface area (Å²) in [4.78, 5) is -2.71. The molecule has 0 fully saturated rings. The summed E-state index contributed by atoms with van der Waals surface area (Å²) in [5, 5.41) is 0. The molecule has 0 unspecified atom stereocenters. The molecule has 0 aliphatic carbocycles. The van der Waals surface area contributed by atoms with Crippen molar-refractivity contribution in [2.75, 3.05) is 0 Å². The summed E-state index contributed by atoms with van der Waals surface area (Å²) < 4.78 is 0. The van der Waals surface area contributed by atoms with Crippen LogP contribution in [0.1, 0.15) is 26.7 Å². The predicted octanol–water partition coefficient (Wildman–Crippen LogP) is 5.35. The van der Waals surface area contributed by atoms with E-state index in [1.807, 2.05) is 0 Å². The van der Waals surface area contributed by atoms with Gasteiger partial charge in [0.1, 0.15) is 0 Å². The molecule has 0 aliphatic rings. The largest absolute Gasteiger partial charge is 0.215 e. The maximum atomic E-state index is 3.89. The molecule has 0 rings (SSSR count). The highest BCUT2D eigenvalue weighted by Gasteiger charge is 2.48. The summed E-state index contributed by atoms with van der Waals surface area (Å²) in [5.41, 5.74) is 0. The zero-order valence-electron chi connectivity index (χ0n) is 7.34. The molecule has 0 saturated carbocycles. The lowest BCUT2D eigenvalue weighted by Crippen LogP contribution is -2.44. The molecule has 0 nitrogen and oxygen atoms in total. The van der Waals surface area contributed by atoms with Gasteiger partial charge in [-0.05, 0) is 12.1 Å². The monoisotopic (exact) mass is 458 g/mol. The Balaban J connectivity index is 4.28. The second-order valence-corrected chi connectivity index (χ2v) is 43.3. The van der Waals surface area contributed by atoms with Crippen molar-refractivity contribution in [3.63, 3.8) is 0 Å². The van der Waals surface area contributed by atoms with Crippen molar-refractivity contribution in [1.82, 2.24) is 0 Å². The van der Waals surface area contributed by atoms with Crippen LogP contribution in [0.15, 0.2) is 0 Å². The Morgan fingerprint density at radius 1 is 0.750 bits per heavy atom. The van der Waals surface area contributed by atoms with Gasteiger partial charge in [0, 0.05) is 0 Å². The maximum Gasteiger partial charge on any atom is 0.215 e. The van der Waals surface area contributed by atoms with E-state index in [9.17, 15) is 0 Å². The molecule has 12 heavy (non-hydrogen) atoms. The summed E-state index contributed by atoms with van der Waals surface area (Å²) in [7, 11) is 0. The van der Waals surface area contributed by atoms with Crippen LogP contribution >= 0.6 is 61.2 Å². The maximum absolute atomic E-state index is 3.89. The van der Waals surface area contributed by atoms with Gasteiger partial charge in [-0.3, -0.25) is 0 Å². The highest BCUT2D eigenvalue weighted by atomic mass is 79.9. The van der Waals surface area contributed by atoms with E-state index in [2.05, 4.69) is 75.0 Å². The van der Waals surface area contributed by atoms with Crippen LogP contribution in [0.25, 0.3) is 0 Å². The van der Waals surface area contributed by atoms with Crippen molar-refractivity contribution in [3.8, 4) is 0 Å². The zero-order valence-corrected chi connectivity index (χ0v) is 15.7. The lowest BCUT2D eigenvalue weighted by molar-refractivity contribution is 1.06. The third-order valence-electron chi connectivity index (χ3n) is 1.66. The van der Waals surface area contributed by atoms with E-state index in [1.165, 1.54) is 24.9 Å². The molecular weight excluding hydrogens is 448 g/mol. The van der Waals surface area contributed by atoms with E-state index >= 15 is 0 Å². The lowest BCUT2D eigenvalue weighted by Gasteiger charge is -2.29. The summed E-state index contributed by atoms with van der Waals surface area (Å²) in [6.07, 6.45) is 2.50. The van der Waals surface area contributed by atoms with Crippen molar-refractivity contribution in [3.05, 3.63) is 0 Å². The first-order chi connectivity index (χ1) is 5.37. The first-order valence-corrected chi connectivity index (χ1v) is 18.6. The zero-order chi connectivity index (χ0) is 9.83. The van der Waals surface area contributed by atoms with Crippen molar-refractivity contribution < 1.29 is 0 Å². The lowest BCUT2D eigenvalue weighted by atomic mass is 10.6. The van der Waals surface area contributed by atoms with Crippen LogP contribution in [0.4, 0.5) is 0 Å². The van der Waals surface area contributed by atoms with Crippen LogP contribution in [0.3, 0.4) is 0 Å². The van der Waals surface area contributed by atoms with E-state index in [1.54, 1.807) is 0 Å². The molecule has 0 N–H and O–H groups in total. The van der Waals surface area contributed by atoms with Gasteiger partial charge in [0.25, 0.3) is 0 Å². The summed E-state index contributed by atoms with van der Waals surface area (Å²) >= 11 is 15.6. The van der Waals surface area contributed by atoms with Gasteiger partial charge in [-0.25, -0.2) is 0 Å². The van der Waals surface area contributed by atoms with Crippen LogP contribution in [-0.2, 0) is 0 Å². The minimum absolute atomic E-state index is 1.25. The highest BCUT2D eigenvalue weighted by Crippen LogP contribution is 2.46. The second-order valence-electron chi connectivity index (χ2n) is 2.91. The Morgan fingerprint density at radius 3 is 1.17 bits per heavy atom. The number of halogens is 4. The smallest absolute Gasteiger partial charge is 0.112 e. The van der Waals surface area contributed by atoms with Gasteiger partial charge in [-0.1, -0.05) is 26.7 Å². The molecule has 0 atom stereocenters. The molecule has 0 aromatic carbocycles. The third-order valence-corrected chi connectivity index (χ3v) is 58.0. The minimum Gasteiger partial charge on any atom is -0.112 e. The Bertz CT molecular complexity index is 122. The molecule has 0 amide bonds. The number of hydrogen-bond acceptors (Lipinski definition) is 0. The molecule has 0 aromatic rings. The van der Waals surface area contributed by atoms with E-state index in [0.717, 1.165) is 0 Å². The highest BCUT2D eigenvalue weighted by molar-refractivity contribution is 9.66. The first kappa shape index (κ1) is 14.4. The van der Waals surface area contributed by atoms with E-state index in [4.69, 9.17) is 0 Å². The van der Waals surface area contributed by atoms with Crippen LogP contribution in [0.5, 0.6) is 0 Å². The van der Waals surface area contributed by atoms with Crippen LogP contribution in [0, 0.1) is 0 Å². The fraction of sp³-hybridized carbons (Fsp3) is 1.00. The average molecular weight is 462 g/mol. The Labute approximate surface area is 108 Å². The molecule has 0 saturated heterocycles. The summed E-state index contributed by atoms with van der Waals surface area (Å²) in [5.74, 6) is 0. The van der Waals surface area contributed by atoms with Crippen molar-refractivity contribution in [1.29, 1.82) is 0 Å². The molecule has 0 spiro atoms. The molecule has 0 bridgehead atoms. The standard InChI is InChI=1S/C6H14Br4Si2/c1-3-5-11(7,8)12(9,10)6-4-2/h3-6H2,1-2H3. The van der Waals surface area contributed by atoms with Crippen molar-refractivity contribution in [2.24, 2.45) is 0 Å². The number of rotatable bonds is 5. The second kappa shape index (κ2) is 6.05. The predicted molar refractivity (Wildman–Crippen MR) is 77.4 cm³/mol. The Hall–Kier alpha value is 2.35. The summed E-state index contributed by atoms with van der Waals surface area (Å²) in [6.45, 7) is 4.47. The molecule has 0 heterocycles. The SMILES string of the molecule is CCC[Si](Br)(Br)[Si](Br)(Br)CCC. The molecule has 0 aromatic heterocycles. The first-order valence-electron chi connectivity index (χ1n) is 4.13. The normalized spacial score (nSPS) is 13.5. The fourth-order valence-electron chi connectivity index (χ4n) is 0.994. The van der Waals surface area contributed by atoms with Crippen LogP contribution in [-0.4, -0.2) is 9.66 Å². The average Bonchev–Trinajstić information content (AvgIpc) is 1.86. The van der Waals surface area contributed by atoms with Crippen molar-refractivity contribution in [2.45, 2.75) is 38.8 Å². The Kier molecular flexibility index (Phi) is 7.24. The fourth-order valence-corrected chi connectivity index (χ4v) is 18.6. The van der Waals surface area contributed by atoms with E-state index < -0.39 is 9.66 Å². The third kappa shape index (κ3) is 4.25. The minimum atomic E-state index is -1.35. The summed E-state index contributed by atoms with van der Waals surface area (Å²) in [6, 6.07) is 2.57. The van der Waals surface area contributed by atoms with Gasteiger partial charge < -0.3 is 0 Å². The van der Waals surface area contributed by atoms with Crippen LogP contribution < -0.4 is 0 Å². The molecule has 0 radical (unpaired) electrons. The van der Waals surface area contributed by atoms with Gasteiger partial charge >= 0.3 is 0 Å². The van der Waals surface area contributed by atoms with Gasteiger partial charge in [-0.15, -0.1) is 61.2 Å². The van der Waals surface area contributed by atoms with Crippen molar-refractivity contribution >= 4 is 70.8 Å².